The van der Waals surface area contributed by atoms with Crippen molar-refractivity contribution in [3.8, 4) is 0 Å². The maximum atomic E-state index is 5.80. The van der Waals surface area contributed by atoms with Crippen LogP contribution in [0.25, 0.3) is 5.57 Å². The molecular formula is C9H7Cl3. The number of hydrogen-bond acceptors (Lipinski definition) is 0. The smallest absolute Gasteiger partial charge is 0.0598 e. The molecule has 12 heavy (non-hydrogen) atoms. The zero-order valence-electron chi connectivity index (χ0n) is 6.28. The Morgan fingerprint density at radius 3 is 2.42 bits per heavy atom. The first-order valence-electron chi connectivity index (χ1n) is 3.34. The summed E-state index contributed by atoms with van der Waals surface area (Å²) in [6, 6.07) is 5.34. The van der Waals surface area contributed by atoms with E-state index < -0.39 is 0 Å². The van der Waals surface area contributed by atoms with Crippen molar-refractivity contribution in [2.24, 2.45) is 0 Å². The molecule has 0 amide bonds. The summed E-state index contributed by atoms with van der Waals surface area (Å²) >= 11 is 17.1. The van der Waals surface area contributed by atoms with Crippen LogP contribution in [0.15, 0.2) is 24.8 Å². The summed E-state index contributed by atoms with van der Waals surface area (Å²) in [5, 5.41) is 1.07. The van der Waals surface area contributed by atoms with Gasteiger partial charge in [-0.15, -0.1) is 11.6 Å². The molecule has 0 aromatic heterocycles. The van der Waals surface area contributed by atoms with Crippen molar-refractivity contribution < 1.29 is 0 Å². The second-order valence-corrected chi connectivity index (χ2v) is 3.45. The minimum absolute atomic E-state index is 0.401. The van der Waals surface area contributed by atoms with E-state index in [9.17, 15) is 0 Å². The molecule has 0 saturated carbocycles. The van der Waals surface area contributed by atoms with Crippen LogP contribution in [0.2, 0.25) is 10.0 Å². The quantitative estimate of drug-likeness (QED) is 0.655. The molecule has 0 bridgehead atoms. The Balaban J connectivity index is 3.05. The lowest BCUT2D eigenvalue weighted by Gasteiger charge is -2.02. The minimum atomic E-state index is 0.401. The normalized spacial score (nSPS) is 9.92. The van der Waals surface area contributed by atoms with Crippen molar-refractivity contribution in [1.82, 2.24) is 0 Å². The number of rotatable bonds is 2. The zero-order valence-corrected chi connectivity index (χ0v) is 8.55. The van der Waals surface area contributed by atoms with Crippen LogP contribution in [0.3, 0.4) is 0 Å². The predicted molar refractivity (Wildman–Crippen MR) is 56.2 cm³/mol. The van der Waals surface area contributed by atoms with Crippen LogP contribution in [0.5, 0.6) is 0 Å². The van der Waals surface area contributed by atoms with Crippen LogP contribution in [0, 0.1) is 0 Å². The van der Waals surface area contributed by atoms with Crippen LogP contribution in [0.1, 0.15) is 5.56 Å². The van der Waals surface area contributed by atoms with E-state index in [4.69, 9.17) is 34.8 Å². The van der Waals surface area contributed by atoms with Crippen LogP contribution in [-0.4, -0.2) is 5.88 Å². The van der Waals surface area contributed by atoms with Crippen molar-refractivity contribution in [1.29, 1.82) is 0 Å². The third-order valence-corrected chi connectivity index (χ3v) is 2.55. The molecule has 0 saturated heterocycles. The Morgan fingerprint density at radius 2 is 1.92 bits per heavy atom. The Labute approximate surface area is 86.7 Å². The number of halogens is 3. The second kappa shape index (κ2) is 4.18. The van der Waals surface area contributed by atoms with Crippen molar-refractivity contribution >= 4 is 40.4 Å². The van der Waals surface area contributed by atoms with Gasteiger partial charge >= 0.3 is 0 Å². The lowest BCUT2D eigenvalue weighted by Crippen LogP contribution is -1.83. The molecule has 0 aliphatic heterocycles. The van der Waals surface area contributed by atoms with Gasteiger partial charge < -0.3 is 0 Å². The van der Waals surface area contributed by atoms with E-state index in [2.05, 4.69) is 6.58 Å². The van der Waals surface area contributed by atoms with Crippen molar-refractivity contribution in [2.45, 2.75) is 0 Å². The highest BCUT2D eigenvalue weighted by atomic mass is 35.5. The van der Waals surface area contributed by atoms with Gasteiger partial charge in [-0.3, -0.25) is 0 Å². The molecule has 0 aliphatic carbocycles. The van der Waals surface area contributed by atoms with Gasteiger partial charge in [-0.2, -0.15) is 0 Å². The van der Waals surface area contributed by atoms with Crippen LogP contribution < -0.4 is 0 Å². The molecule has 0 N–H and O–H groups in total. The molecule has 0 atom stereocenters. The number of alkyl halides is 1. The molecule has 1 aromatic carbocycles. The molecule has 0 fully saturated rings. The Hall–Kier alpha value is -0.170. The van der Waals surface area contributed by atoms with Crippen molar-refractivity contribution in [3.63, 3.8) is 0 Å². The fourth-order valence-electron chi connectivity index (χ4n) is 0.793. The summed E-state index contributed by atoms with van der Waals surface area (Å²) < 4.78 is 0. The van der Waals surface area contributed by atoms with E-state index >= 15 is 0 Å². The molecule has 0 nitrogen and oxygen atoms in total. The summed E-state index contributed by atoms with van der Waals surface area (Å²) in [7, 11) is 0. The van der Waals surface area contributed by atoms with Crippen LogP contribution in [-0.2, 0) is 0 Å². The van der Waals surface area contributed by atoms with Gasteiger partial charge in [-0.05, 0) is 23.3 Å². The molecule has 0 radical (unpaired) electrons. The highest BCUT2D eigenvalue weighted by Gasteiger charge is 2.01. The molecule has 0 unspecified atom stereocenters. The first-order chi connectivity index (χ1) is 5.65. The zero-order chi connectivity index (χ0) is 9.14. The summed E-state index contributed by atoms with van der Waals surface area (Å²) in [6.07, 6.45) is 0. The fourth-order valence-corrected chi connectivity index (χ4v) is 1.25. The van der Waals surface area contributed by atoms with E-state index in [0.29, 0.717) is 15.9 Å². The van der Waals surface area contributed by atoms with Gasteiger partial charge in [0.1, 0.15) is 0 Å². The monoisotopic (exact) mass is 220 g/mol. The maximum absolute atomic E-state index is 5.80. The lowest BCUT2D eigenvalue weighted by molar-refractivity contribution is 1.58. The van der Waals surface area contributed by atoms with Crippen molar-refractivity contribution in [3.05, 3.63) is 40.4 Å². The average Bonchev–Trinajstić information content (AvgIpc) is 2.08. The van der Waals surface area contributed by atoms with Gasteiger partial charge in [0.25, 0.3) is 0 Å². The number of allylic oxidation sites excluding steroid dienone is 1. The number of benzene rings is 1. The Bertz CT molecular complexity index is 305. The third kappa shape index (κ3) is 2.16. The SMILES string of the molecule is C=C(CCl)c1ccc(Cl)c(Cl)c1. The van der Waals surface area contributed by atoms with Crippen LogP contribution >= 0.6 is 34.8 Å². The van der Waals surface area contributed by atoms with E-state index in [-0.39, 0.29) is 0 Å². The van der Waals surface area contributed by atoms with Crippen LogP contribution in [0.4, 0.5) is 0 Å². The first kappa shape index (κ1) is 9.91. The molecule has 0 heterocycles. The summed E-state index contributed by atoms with van der Waals surface area (Å²) in [4.78, 5) is 0. The van der Waals surface area contributed by atoms with E-state index in [1.54, 1.807) is 12.1 Å². The molecule has 0 aliphatic rings. The summed E-state index contributed by atoms with van der Waals surface area (Å²) in [5.41, 5.74) is 1.77. The van der Waals surface area contributed by atoms with Gasteiger partial charge in [0.05, 0.1) is 10.0 Å². The van der Waals surface area contributed by atoms with E-state index in [0.717, 1.165) is 11.1 Å². The molecular weight excluding hydrogens is 214 g/mol. The number of hydrogen-bond donors (Lipinski definition) is 0. The molecule has 3 heteroatoms. The van der Waals surface area contributed by atoms with E-state index in [1.165, 1.54) is 0 Å². The Kier molecular flexibility index (Phi) is 3.45. The van der Waals surface area contributed by atoms with Gasteiger partial charge in [-0.1, -0.05) is 35.8 Å². The standard InChI is InChI=1S/C9H7Cl3/c1-6(5-10)7-2-3-8(11)9(12)4-7/h2-4H,1,5H2. The largest absolute Gasteiger partial charge is 0.122 e. The third-order valence-electron chi connectivity index (χ3n) is 1.49. The summed E-state index contributed by atoms with van der Waals surface area (Å²) in [5.74, 6) is 0.401. The van der Waals surface area contributed by atoms with Gasteiger partial charge in [0.15, 0.2) is 0 Å². The first-order valence-corrected chi connectivity index (χ1v) is 4.63. The highest BCUT2D eigenvalue weighted by molar-refractivity contribution is 6.42. The van der Waals surface area contributed by atoms with Gasteiger partial charge in [-0.25, -0.2) is 0 Å². The average molecular weight is 222 g/mol. The molecule has 1 rings (SSSR count). The lowest BCUT2D eigenvalue weighted by atomic mass is 10.1. The van der Waals surface area contributed by atoms with Gasteiger partial charge in [0.2, 0.25) is 0 Å². The minimum Gasteiger partial charge on any atom is -0.122 e. The molecule has 64 valence electrons. The predicted octanol–water partition coefficient (Wildman–Crippen LogP) is 4.25. The van der Waals surface area contributed by atoms with Gasteiger partial charge in [0, 0.05) is 5.88 Å². The fraction of sp³-hybridized carbons (Fsp3) is 0.111. The molecule has 0 spiro atoms. The highest BCUT2D eigenvalue weighted by Crippen LogP contribution is 2.25. The van der Waals surface area contributed by atoms with Crippen molar-refractivity contribution in [2.75, 3.05) is 5.88 Å². The summed E-state index contributed by atoms with van der Waals surface area (Å²) in [6.45, 7) is 3.78. The topological polar surface area (TPSA) is 0 Å². The van der Waals surface area contributed by atoms with E-state index in [1.807, 2.05) is 6.07 Å². The Morgan fingerprint density at radius 1 is 1.25 bits per heavy atom. The second-order valence-electron chi connectivity index (χ2n) is 2.37. The maximum Gasteiger partial charge on any atom is 0.0598 e. The molecule has 1 aromatic rings.